The molecule has 168 valence electrons. The summed E-state index contributed by atoms with van der Waals surface area (Å²) in [6.45, 7) is 3.29. The van der Waals surface area contributed by atoms with Gasteiger partial charge in [-0.1, -0.05) is 18.9 Å². The van der Waals surface area contributed by atoms with E-state index in [0.29, 0.717) is 27.9 Å². The zero-order valence-corrected chi connectivity index (χ0v) is 19.0. The molecule has 0 saturated carbocycles. The van der Waals surface area contributed by atoms with Crippen molar-refractivity contribution in [3.05, 3.63) is 35.0 Å². The van der Waals surface area contributed by atoms with Crippen LogP contribution in [0.15, 0.2) is 29.5 Å². The van der Waals surface area contributed by atoms with Gasteiger partial charge < -0.3 is 29.7 Å². The highest BCUT2D eigenvalue weighted by atomic mass is 32.1. The Morgan fingerprint density at radius 2 is 1.84 bits per heavy atom. The summed E-state index contributed by atoms with van der Waals surface area (Å²) < 4.78 is 16.2. The minimum atomic E-state index is -0.497. The van der Waals surface area contributed by atoms with Crippen LogP contribution in [0.4, 0.5) is 0 Å². The van der Waals surface area contributed by atoms with Crippen LogP contribution in [0.2, 0.25) is 0 Å². The number of likely N-dealkylation sites (tertiary alicyclic amines) is 1. The Morgan fingerprint density at radius 3 is 2.48 bits per heavy atom. The average molecular weight is 448 g/mol. The van der Waals surface area contributed by atoms with Crippen molar-refractivity contribution in [2.24, 2.45) is 0 Å². The van der Waals surface area contributed by atoms with E-state index in [1.807, 2.05) is 11.0 Å². The molecule has 0 spiro atoms. The van der Waals surface area contributed by atoms with Gasteiger partial charge in [-0.2, -0.15) is 0 Å². The van der Waals surface area contributed by atoms with Gasteiger partial charge in [0.05, 0.1) is 25.8 Å². The average Bonchev–Trinajstić information content (AvgIpc) is 3.06. The quantitative estimate of drug-likeness (QED) is 0.508. The molecule has 0 bridgehead atoms. The summed E-state index contributed by atoms with van der Waals surface area (Å²) in [5, 5.41) is 6.47. The van der Waals surface area contributed by atoms with E-state index in [2.05, 4.69) is 10.6 Å². The molecule has 0 aromatic heterocycles. The van der Waals surface area contributed by atoms with E-state index in [4.69, 9.17) is 26.4 Å². The zero-order valence-electron chi connectivity index (χ0n) is 18.2. The number of esters is 1. The van der Waals surface area contributed by atoms with Gasteiger partial charge in [0, 0.05) is 18.8 Å². The van der Waals surface area contributed by atoms with Gasteiger partial charge in [0.1, 0.15) is 0 Å². The van der Waals surface area contributed by atoms with Crippen LogP contribution in [-0.4, -0.2) is 55.8 Å². The molecule has 0 radical (unpaired) electrons. The predicted octanol–water partition coefficient (Wildman–Crippen LogP) is 2.44. The number of nitrogens with zero attached hydrogens (tertiary/aromatic N) is 1. The normalized spacial score (nSPS) is 19.1. The van der Waals surface area contributed by atoms with Gasteiger partial charge in [-0.15, -0.1) is 0 Å². The van der Waals surface area contributed by atoms with Gasteiger partial charge in [-0.05, 0) is 49.7 Å². The first kappa shape index (κ1) is 22.9. The molecule has 1 aromatic rings. The lowest BCUT2D eigenvalue weighted by Gasteiger charge is -2.30. The number of carbonyl (C=O) groups excluding carboxylic acids is 2. The second-order valence-corrected chi connectivity index (χ2v) is 7.96. The molecule has 2 heterocycles. The van der Waals surface area contributed by atoms with Crippen LogP contribution in [0.25, 0.3) is 0 Å². The van der Waals surface area contributed by atoms with Crippen LogP contribution in [0.1, 0.15) is 44.2 Å². The maximum absolute atomic E-state index is 12.5. The highest BCUT2D eigenvalue weighted by Crippen LogP contribution is 2.34. The van der Waals surface area contributed by atoms with E-state index in [9.17, 15) is 9.59 Å². The van der Waals surface area contributed by atoms with Gasteiger partial charge in [0.25, 0.3) is 5.91 Å². The molecule has 0 aliphatic carbocycles. The highest BCUT2D eigenvalue weighted by molar-refractivity contribution is 7.80. The number of thiocarbonyl (C=S) groups is 1. The molecule has 2 aliphatic rings. The van der Waals surface area contributed by atoms with E-state index >= 15 is 0 Å². The van der Waals surface area contributed by atoms with Crippen molar-refractivity contribution in [1.29, 1.82) is 0 Å². The first-order valence-corrected chi connectivity index (χ1v) is 10.8. The Kier molecular flexibility index (Phi) is 7.73. The number of rotatable bonds is 6. The molecular formula is C22H29N3O5S. The molecule has 9 heteroatoms. The molecule has 2 N–H and O–H groups in total. The first-order valence-electron chi connectivity index (χ1n) is 10.4. The fraction of sp³-hybridized carbons (Fsp3) is 0.500. The molecule has 2 aliphatic heterocycles. The van der Waals surface area contributed by atoms with E-state index in [1.54, 1.807) is 19.1 Å². The number of ether oxygens (including phenoxy) is 3. The Balaban J connectivity index is 1.77. The molecule has 1 saturated heterocycles. The molecule has 0 unspecified atom stereocenters. The summed E-state index contributed by atoms with van der Waals surface area (Å²) in [4.78, 5) is 26.7. The lowest BCUT2D eigenvalue weighted by Crippen LogP contribution is -2.45. The summed E-state index contributed by atoms with van der Waals surface area (Å²) in [6.07, 6.45) is 4.39. The van der Waals surface area contributed by atoms with Crippen molar-refractivity contribution < 1.29 is 23.8 Å². The topological polar surface area (TPSA) is 89.1 Å². The number of nitrogens with one attached hydrogen (secondary N) is 2. The van der Waals surface area contributed by atoms with Gasteiger partial charge in [-0.25, -0.2) is 4.79 Å². The second kappa shape index (κ2) is 10.5. The van der Waals surface area contributed by atoms with E-state index in [0.717, 1.165) is 44.3 Å². The van der Waals surface area contributed by atoms with E-state index < -0.39 is 12.0 Å². The fourth-order valence-corrected chi connectivity index (χ4v) is 4.13. The Labute approximate surface area is 187 Å². The number of hydrogen-bond donors (Lipinski definition) is 2. The van der Waals surface area contributed by atoms with Crippen LogP contribution in [0, 0.1) is 0 Å². The van der Waals surface area contributed by atoms with Crippen molar-refractivity contribution in [3.63, 3.8) is 0 Å². The number of benzene rings is 1. The summed E-state index contributed by atoms with van der Waals surface area (Å²) in [5.74, 6) is 0.456. The largest absolute Gasteiger partial charge is 0.493 e. The van der Waals surface area contributed by atoms with Crippen LogP contribution < -0.4 is 20.1 Å². The van der Waals surface area contributed by atoms with Crippen LogP contribution >= 0.6 is 12.2 Å². The van der Waals surface area contributed by atoms with Crippen LogP contribution in [-0.2, 0) is 14.3 Å². The number of allylic oxidation sites excluding steroid dienone is 1. The molecule has 31 heavy (non-hydrogen) atoms. The van der Waals surface area contributed by atoms with Crippen molar-refractivity contribution in [3.8, 4) is 11.5 Å². The molecule has 1 aromatic carbocycles. The Hall–Kier alpha value is -2.81. The van der Waals surface area contributed by atoms with Gasteiger partial charge in [-0.3, -0.25) is 4.79 Å². The summed E-state index contributed by atoms with van der Waals surface area (Å²) in [7, 11) is 2.87. The summed E-state index contributed by atoms with van der Waals surface area (Å²) in [5.41, 5.74) is 1.82. The van der Waals surface area contributed by atoms with Gasteiger partial charge in [0.15, 0.2) is 23.2 Å². The number of carbonyl (C=O) groups is 2. The monoisotopic (exact) mass is 447 g/mol. The van der Waals surface area contributed by atoms with Crippen molar-refractivity contribution >= 4 is 29.2 Å². The van der Waals surface area contributed by atoms with E-state index in [1.165, 1.54) is 14.2 Å². The molecular weight excluding hydrogens is 418 g/mol. The number of methoxy groups -OCH3 is 2. The minimum Gasteiger partial charge on any atom is -0.493 e. The van der Waals surface area contributed by atoms with Crippen molar-refractivity contribution in [2.75, 3.05) is 33.9 Å². The van der Waals surface area contributed by atoms with Gasteiger partial charge >= 0.3 is 5.97 Å². The van der Waals surface area contributed by atoms with Crippen LogP contribution in [0.3, 0.4) is 0 Å². The van der Waals surface area contributed by atoms with Gasteiger partial charge in [0.2, 0.25) is 0 Å². The predicted molar refractivity (Wildman–Crippen MR) is 120 cm³/mol. The third kappa shape index (κ3) is 5.46. The Bertz CT molecular complexity index is 878. The maximum atomic E-state index is 12.5. The maximum Gasteiger partial charge on any atom is 0.337 e. The van der Waals surface area contributed by atoms with Crippen LogP contribution in [0.5, 0.6) is 11.5 Å². The zero-order chi connectivity index (χ0) is 22.4. The lowest BCUT2D eigenvalue weighted by molar-refractivity contribution is -0.136. The SMILES string of the molecule is COC(=O)C1=C(C)NC(=S)N[C@@H]1c1ccc(OCC(=O)N2CCCCCC2)c(OC)c1. The molecule has 1 atom stereocenters. The highest BCUT2D eigenvalue weighted by Gasteiger charge is 2.31. The number of hydrogen-bond acceptors (Lipinski definition) is 6. The first-order chi connectivity index (χ1) is 14.9. The third-order valence-electron chi connectivity index (χ3n) is 5.51. The molecule has 1 amide bonds. The van der Waals surface area contributed by atoms with Crippen molar-refractivity contribution in [1.82, 2.24) is 15.5 Å². The fourth-order valence-electron chi connectivity index (χ4n) is 3.86. The lowest BCUT2D eigenvalue weighted by atomic mass is 9.95. The molecule has 1 fully saturated rings. The smallest absolute Gasteiger partial charge is 0.337 e. The van der Waals surface area contributed by atoms with Crippen molar-refractivity contribution in [2.45, 2.75) is 38.6 Å². The molecule has 8 nitrogen and oxygen atoms in total. The summed E-state index contributed by atoms with van der Waals surface area (Å²) in [6, 6.07) is 4.83. The molecule has 3 rings (SSSR count). The standard InChI is InChI=1S/C22H29N3O5S/c1-14-19(21(27)29-3)20(24-22(31)23-14)15-8-9-16(17(12-15)28-2)30-13-18(26)25-10-6-4-5-7-11-25/h8-9,12,20H,4-7,10-11,13H2,1-3H3,(H2,23,24,31)/t20-/m1/s1. The van der Waals surface area contributed by atoms with E-state index in [-0.39, 0.29) is 12.5 Å². The number of amides is 1. The summed E-state index contributed by atoms with van der Waals surface area (Å²) >= 11 is 5.26. The second-order valence-electron chi connectivity index (χ2n) is 7.56. The Morgan fingerprint density at radius 1 is 1.13 bits per heavy atom. The third-order valence-corrected chi connectivity index (χ3v) is 5.73. The minimum absolute atomic E-state index is 0.0232.